The molecule has 0 spiro atoms. The zero-order valence-corrected chi connectivity index (χ0v) is 14.6. The van der Waals surface area contributed by atoms with E-state index >= 15 is 0 Å². The molecule has 1 amide bonds. The standard InChI is InChI=1S/C21H18N2O4/c24-21(17-11-19(27-22-17)14-4-2-1-3-5-14)23-9-8-16(12-23)15-6-7-18-20(10-15)26-13-25-18/h1-7,10-11,16H,8-9,12-13H2/t16-/m0/s1. The number of likely N-dealkylation sites (tertiary alicyclic amines) is 1. The molecule has 6 heteroatoms. The molecule has 5 rings (SSSR count). The van der Waals surface area contributed by atoms with Crippen molar-refractivity contribution in [2.24, 2.45) is 0 Å². The monoisotopic (exact) mass is 362 g/mol. The molecule has 0 N–H and O–H groups in total. The summed E-state index contributed by atoms with van der Waals surface area (Å²) < 4.78 is 16.2. The summed E-state index contributed by atoms with van der Waals surface area (Å²) in [7, 11) is 0. The summed E-state index contributed by atoms with van der Waals surface area (Å²) >= 11 is 0. The van der Waals surface area contributed by atoms with E-state index in [0.29, 0.717) is 24.5 Å². The van der Waals surface area contributed by atoms with E-state index in [4.69, 9.17) is 14.0 Å². The number of hydrogen-bond acceptors (Lipinski definition) is 5. The second-order valence-corrected chi connectivity index (χ2v) is 6.79. The lowest BCUT2D eigenvalue weighted by Crippen LogP contribution is -2.28. The van der Waals surface area contributed by atoms with Gasteiger partial charge in [-0.1, -0.05) is 41.6 Å². The Hall–Kier alpha value is -3.28. The summed E-state index contributed by atoms with van der Waals surface area (Å²) in [6.07, 6.45) is 0.911. The maximum atomic E-state index is 12.8. The number of ether oxygens (including phenoxy) is 2. The van der Waals surface area contributed by atoms with Gasteiger partial charge in [-0.05, 0) is 24.1 Å². The van der Waals surface area contributed by atoms with E-state index in [-0.39, 0.29) is 18.6 Å². The molecular formula is C21H18N2O4. The molecule has 27 heavy (non-hydrogen) atoms. The van der Waals surface area contributed by atoms with Crippen LogP contribution in [0.1, 0.15) is 28.4 Å². The maximum Gasteiger partial charge on any atom is 0.276 e. The largest absolute Gasteiger partial charge is 0.454 e. The molecule has 1 atom stereocenters. The number of amides is 1. The number of rotatable bonds is 3. The van der Waals surface area contributed by atoms with Crippen LogP contribution in [0.3, 0.4) is 0 Å². The first-order valence-corrected chi connectivity index (χ1v) is 8.99. The van der Waals surface area contributed by atoms with Crippen LogP contribution in [0.15, 0.2) is 59.1 Å². The first-order valence-electron chi connectivity index (χ1n) is 8.99. The normalized spacial score (nSPS) is 18.1. The Kier molecular flexibility index (Phi) is 3.81. The van der Waals surface area contributed by atoms with Crippen molar-refractivity contribution < 1.29 is 18.8 Å². The quantitative estimate of drug-likeness (QED) is 0.711. The van der Waals surface area contributed by atoms with Gasteiger partial charge >= 0.3 is 0 Å². The Labute approximate surface area is 156 Å². The molecular weight excluding hydrogens is 344 g/mol. The van der Waals surface area contributed by atoms with Gasteiger partial charge in [-0.2, -0.15) is 0 Å². The Morgan fingerprint density at radius 3 is 2.78 bits per heavy atom. The van der Waals surface area contributed by atoms with Gasteiger partial charge in [-0.15, -0.1) is 0 Å². The van der Waals surface area contributed by atoms with Gasteiger partial charge in [-0.3, -0.25) is 4.79 Å². The van der Waals surface area contributed by atoms with Gasteiger partial charge in [0.15, 0.2) is 23.0 Å². The van der Waals surface area contributed by atoms with Crippen molar-refractivity contribution in [1.29, 1.82) is 0 Å². The van der Waals surface area contributed by atoms with Gasteiger partial charge in [0.1, 0.15) is 0 Å². The lowest BCUT2D eigenvalue weighted by Gasteiger charge is -2.15. The molecule has 2 aliphatic rings. The predicted octanol–water partition coefficient (Wildman–Crippen LogP) is 3.70. The molecule has 136 valence electrons. The molecule has 0 saturated carbocycles. The van der Waals surface area contributed by atoms with Gasteiger partial charge < -0.3 is 18.9 Å². The summed E-state index contributed by atoms with van der Waals surface area (Å²) in [5.74, 6) is 2.35. The minimum absolute atomic E-state index is 0.0934. The van der Waals surface area contributed by atoms with Gasteiger partial charge in [-0.25, -0.2) is 0 Å². The number of benzene rings is 2. The van der Waals surface area contributed by atoms with Crippen molar-refractivity contribution in [2.75, 3.05) is 19.9 Å². The highest BCUT2D eigenvalue weighted by molar-refractivity contribution is 5.93. The molecule has 2 aliphatic heterocycles. The predicted molar refractivity (Wildman–Crippen MR) is 97.8 cm³/mol. The van der Waals surface area contributed by atoms with Crippen LogP contribution in [0, 0.1) is 0 Å². The number of hydrogen-bond donors (Lipinski definition) is 0. The van der Waals surface area contributed by atoms with Crippen molar-refractivity contribution in [3.05, 3.63) is 65.9 Å². The minimum Gasteiger partial charge on any atom is -0.454 e. The molecule has 1 saturated heterocycles. The number of carbonyl (C=O) groups excluding carboxylic acids is 1. The van der Waals surface area contributed by atoms with Crippen molar-refractivity contribution in [3.63, 3.8) is 0 Å². The lowest BCUT2D eigenvalue weighted by molar-refractivity contribution is 0.0780. The molecule has 3 heterocycles. The van der Waals surface area contributed by atoms with Crippen molar-refractivity contribution in [2.45, 2.75) is 12.3 Å². The van der Waals surface area contributed by atoms with Crippen LogP contribution in [-0.2, 0) is 0 Å². The fourth-order valence-electron chi connectivity index (χ4n) is 3.66. The fraction of sp³-hybridized carbons (Fsp3) is 0.238. The molecule has 2 aromatic carbocycles. The zero-order chi connectivity index (χ0) is 18.2. The Bertz CT molecular complexity index is 983. The second-order valence-electron chi connectivity index (χ2n) is 6.79. The van der Waals surface area contributed by atoms with Crippen LogP contribution in [-0.4, -0.2) is 35.8 Å². The lowest BCUT2D eigenvalue weighted by atomic mass is 9.98. The molecule has 3 aromatic rings. The third-order valence-corrected chi connectivity index (χ3v) is 5.13. The maximum absolute atomic E-state index is 12.8. The molecule has 6 nitrogen and oxygen atoms in total. The molecule has 0 unspecified atom stereocenters. The highest BCUT2D eigenvalue weighted by atomic mass is 16.7. The van der Waals surface area contributed by atoms with Gasteiger partial charge in [0.2, 0.25) is 6.79 Å². The summed E-state index contributed by atoms with van der Waals surface area (Å²) in [6, 6.07) is 17.4. The summed E-state index contributed by atoms with van der Waals surface area (Å²) in [5.41, 5.74) is 2.42. The average Bonchev–Trinajstić information content (AvgIpc) is 3.47. The third kappa shape index (κ3) is 2.93. The van der Waals surface area contributed by atoms with E-state index in [1.165, 1.54) is 5.56 Å². The SMILES string of the molecule is O=C(c1cc(-c2ccccc2)on1)N1CC[C@H](c2ccc3c(c2)OCO3)C1. The van der Waals surface area contributed by atoms with E-state index in [9.17, 15) is 4.79 Å². The highest BCUT2D eigenvalue weighted by Gasteiger charge is 2.30. The Morgan fingerprint density at radius 2 is 1.89 bits per heavy atom. The summed E-state index contributed by atoms with van der Waals surface area (Å²) in [5, 5.41) is 3.98. The van der Waals surface area contributed by atoms with E-state index < -0.39 is 0 Å². The molecule has 0 radical (unpaired) electrons. The summed E-state index contributed by atoms with van der Waals surface area (Å²) in [4.78, 5) is 14.6. The van der Waals surface area contributed by atoms with E-state index in [2.05, 4.69) is 11.2 Å². The smallest absolute Gasteiger partial charge is 0.276 e. The molecule has 0 bridgehead atoms. The van der Waals surface area contributed by atoms with E-state index in [1.54, 1.807) is 6.07 Å². The first kappa shape index (κ1) is 15.9. The number of nitrogens with zero attached hydrogens (tertiary/aromatic N) is 2. The Balaban J connectivity index is 1.30. The number of carbonyl (C=O) groups is 1. The van der Waals surface area contributed by atoms with Crippen LogP contribution < -0.4 is 9.47 Å². The van der Waals surface area contributed by atoms with Gasteiger partial charge in [0, 0.05) is 30.6 Å². The molecule has 1 aromatic heterocycles. The minimum atomic E-state index is -0.0934. The van der Waals surface area contributed by atoms with Crippen LogP contribution in [0.2, 0.25) is 0 Å². The van der Waals surface area contributed by atoms with Crippen molar-refractivity contribution in [3.8, 4) is 22.8 Å². The van der Waals surface area contributed by atoms with Gasteiger partial charge in [0.05, 0.1) is 0 Å². The Morgan fingerprint density at radius 1 is 1.04 bits per heavy atom. The van der Waals surface area contributed by atoms with Crippen LogP contribution >= 0.6 is 0 Å². The van der Waals surface area contributed by atoms with Crippen LogP contribution in [0.4, 0.5) is 0 Å². The third-order valence-electron chi connectivity index (χ3n) is 5.13. The highest BCUT2D eigenvalue weighted by Crippen LogP contribution is 2.37. The average molecular weight is 362 g/mol. The molecule has 0 aliphatic carbocycles. The zero-order valence-electron chi connectivity index (χ0n) is 14.6. The van der Waals surface area contributed by atoms with Crippen LogP contribution in [0.5, 0.6) is 11.5 Å². The van der Waals surface area contributed by atoms with Gasteiger partial charge in [0.25, 0.3) is 5.91 Å². The topological polar surface area (TPSA) is 64.8 Å². The second kappa shape index (κ2) is 6.46. The first-order chi connectivity index (χ1) is 13.3. The van der Waals surface area contributed by atoms with Crippen molar-refractivity contribution >= 4 is 5.91 Å². The number of fused-ring (bicyclic) bond motifs is 1. The van der Waals surface area contributed by atoms with Crippen LogP contribution in [0.25, 0.3) is 11.3 Å². The van der Waals surface area contributed by atoms with Crippen molar-refractivity contribution in [1.82, 2.24) is 10.1 Å². The number of aromatic nitrogens is 1. The molecule has 1 fully saturated rings. The fourth-order valence-corrected chi connectivity index (χ4v) is 3.66. The van der Waals surface area contributed by atoms with E-state index in [0.717, 1.165) is 23.5 Å². The summed E-state index contributed by atoms with van der Waals surface area (Å²) in [6.45, 7) is 1.63. The van der Waals surface area contributed by atoms with E-state index in [1.807, 2.05) is 47.4 Å².